The molecular weight excluding hydrogens is 296 g/mol. The monoisotopic (exact) mass is 332 g/mol. The summed E-state index contributed by atoms with van der Waals surface area (Å²) in [6.45, 7) is 10.5. The van der Waals surface area contributed by atoms with E-state index in [-0.39, 0.29) is 11.9 Å². The largest absolute Gasteiger partial charge is 0.426 e. The van der Waals surface area contributed by atoms with E-state index < -0.39 is 0 Å². The third-order valence-corrected chi connectivity index (χ3v) is 4.73. The average molecular weight is 333 g/mol. The fourth-order valence-corrected chi connectivity index (χ4v) is 2.82. The van der Waals surface area contributed by atoms with Gasteiger partial charge >= 0.3 is 5.97 Å². The summed E-state index contributed by atoms with van der Waals surface area (Å²) >= 11 is 0. The van der Waals surface area contributed by atoms with Crippen LogP contribution in [-0.4, -0.2) is 5.97 Å². The molecule has 1 rings (SSSR count). The molecule has 0 aliphatic heterocycles. The standard InChI is InChI=1S/C22H36O2/c1-6-7-8-9-10-11-12-13-19(5)22(23)24-21-16-20(17(2)3)15-14-18(21)4/h14-17,19H,6-13H2,1-5H3. The lowest BCUT2D eigenvalue weighted by Gasteiger charge is -2.14. The van der Waals surface area contributed by atoms with Gasteiger partial charge in [-0.05, 0) is 36.5 Å². The van der Waals surface area contributed by atoms with Crippen LogP contribution in [0, 0.1) is 12.8 Å². The van der Waals surface area contributed by atoms with Crippen LogP contribution in [0.3, 0.4) is 0 Å². The lowest BCUT2D eigenvalue weighted by Crippen LogP contribution is -2.18. The highest BCUT2D eigenvalue weighted by molar-refractivity contribution is 5.75. The van der Waals surface area contributed by atoms with Crippen LogP contribution in [0.4, 0.5) is 0 Å². The molecule has 0 amide bonds. The van der Waals surface area contributed by atoms with Gasteiger partial charge in [0.05, 0.1) is 5.92 Å². The topological polar surface area (TPSA) is 26.3 Å². The van der Waals surface area contributed by atoms with Crippen molar-refractivity contribution in [3.8, 4) is 5.75 Å². The minimum absolute atomic E-state index is 0.0252. The number of carbonyl (C=O) groups is 1. The first-order valence-corrected chi connectivity index (χ1v) is 9.78. The molecule has 0 spiro atoms. The second kappa shape index (κ2) is 11.3. The molecule has 0 aromatic heterocycles. The average Bonchev–Trinajstić information content (AvgIpc) is 2.55. The van der Waals surface area contributed by atoms with E-state index >= 15 is 0 Å². The second-order valence-electron chi connectivity index (χ2n) is 7.41. The van der Waals surface area contributed by atoms with Crippen molar-refractivity contribution in [3.05, 3.63) is 29.3 Å². The summed E-state index contributed by atoms with van der Waals surface area (Å²) in [6, 6.07) is 6.16. The van der Waals surface area contributed by atoms with Crippen molar-refractivity contribution in [2.75, 3.05) is 0 Å². The Hall–Kier alpha value is -1.31. The van der Waals surface area contributed by atoms with Crippen molar-refractivity contribution < 1.29 is 9.53 Å². The normalized spacial score (nSPS) is 12.4. The van der Waals surface area contributed by atoms with Crippen LogP contribution in [0.25, 0.3) is 0 Å². The predicted molar refractivity (Wildman–Crippen MR) is 103 cm³/mol. The van der Waals surface area contributed by atoms with Crippen molar-refractivity contribution in [1.82, 2.24) is 0 Å². The lowest BCUT2D eigenvalue weighted by molar-refractivity contribution is -0.138. The van der Waals surface area contributed by atoms with E-state index in [1.165, 1.54) is 44.1 Å². The van der Waals surface area contributed by atoms with Gasteiger partial charge in [-0.2, -0.15) is 0 Å². The van der Waals surface area contributed by atoms with Gasteiger partial charge in [-0.3, -0.25) is 4.79 Å². The maximum absolute atomic E-state index is 12.3. The minimum Gasteiger partial charge on any atom is -0.426 e. The maximum Gasteiger partial charge on any atom is 0.314 e. The fourth-order valence-electron chi connectivity index (χ4n) is 2.82. The second-order valence-corrected chi connectivity index (χ2v) is 7.41. The summed E-state index contributed by atoms with van der Waals surface area (Å²) in [7, 11) is 0. The van der Waals surface area contributed by atoms with E-state index in [1.54, 1.807) is 0 Å². The molecule has 1 aromatic carbocycles. The number of hydrogen-bond donors (Lipinski definition) is 0. The molecule has 0 saturated heterocycles. The highest BCUT2D eigenvalue weighted by atomic mass is 16.5. The third-order valence-electron chi connectivity index (χ3n) is 4.73. The number of aryl methyl sites for hydroxylation is 1. The summed E-state index contributed by atoms with van der Waals surface area (Å²) in [5.41, 5.74) is 2.24. The van der Waals surface area contributed by atoms with Crippen LogP contribution in [0.15, 0.2) is 18.2 Å². The van der Waals surface area contributed by atoms with Crippen molar-refractivity contribution in [2.45, 2.75) is 91.9 Å². The Morgan fingerprint density at radius 2 is 1.62 bits per heavy atom. The molecule has 0 N–H and O–H groups in total. The van der Waals surface area contributed by atoms with E-state index in [0.29, 0.717) is 5.92 Å². The van der Waals surface area contributed by atoms with Gasteiger partial charge in [0.15, 0.2) is 0 Å². The highest BCUT2D eigenvalue weighted by Gasteiger charge is 2.16. The molecule has 0 aliphatic rings. The molecule has 0 saturated carbocycles. The first-order chi connectivity index (χ1) is 11.5. The number of benzene rings is 1. The van der Waals surface area contributed by atoms with Gasteiger partial charge < -0.3 is 4.74 Å². The van der Waals surface area contributed by atoms with Crippen molar-refractivity contribution in [1.29, 1.82) is 0 Å². The number of ether oxygens (including phenoxy) is 1. The van der Waals surface area contributed by atoms with Crippen molar-refractivity contribution in [3.63, 3.8) is 0 Å². The van der Waals surface area contributed by atoms with Crippen LogP contribution in [-0.2, 0) is 4.79 Å². The SMILES string of the molecule is CCCCCCCCCC(C)C(=O)Oc1cc(C(C)C)ccc1C. The molecule has 0 aliphatic carbocycles. The zero-order valence-corrected chi connectivity index (χ0v) is 16.4. The first-order valence-electron chi connectivity index (χ1n) is 9.78. The Balaban J connectivity index is 2.37. The number of carbonyl (C=O) groups excluding carboxylic acids is 1. The van der Waals surface area contributed by atoms with Crippen LogP contribution >= 0.6 is 0 Å². The lowest BCUT2D eigenvalue weighted by atomic mass is 10.0. The van der Waals surface area contributed by atoms with Crippen molar-refractivity contribution in [2.24, 2.45) is 5.92 Å². The van der Waals surface area contributed by atoms with Gasteiger partial charge in [-0.25, -0.2) is 0 Å². The summed E-state index contributed by atoms with van der Waals surface area (Å²) in [4.78, 5) is 12.3. The summed E-state index contributed by atoms with van der Waals surface area (Å²) < 4.78 is 5.67. The molecule has 0 heterocycles. The van der Waals surface area contributed by atoms with E-state index in [9.17, 15) is 4.79 Å². The predicted octanol–water partition coefficient (Wildman–Crippen LogP) is 6.80. The van der Waals surface area contributed by atoms with Crippen LogP contribution in [0.5, 0.6) is 5.75 Å². The van der Waals surface area contributed by atoms with E-state index in [1.807, 2.05) is 26.0 Å². The summed E-state index contributed by atoms with van der Waals surface area (Å²) in [6.07, 6.45) is 9.87. The molecule has 2 nitrogen and oxygen atoms in total. The molecule has 0 radical (unpaired) electrons. The van der Waals surface area contributed by atoms with E-state index in [4.69, 9.17) is 4.74 Å². The number of rotatable bonds is 11. The zero-order valence-electron chi connectivity index (χ0n) is 16.4. The smallest absolute Gasteiger partial charge is 0.314 e. The molecule has 2 heteroatoms. The Bertz CT molecular complexity index is 491. The Kier molecular flexibility index (Phi) is 9.75. The third kappa shape index (κ3) is 7.51. The van der Waals surface area contributed by atoms with Gasteiger partial charge in [0, 0.05) is 0 Å². The quantitative estimate of drug-likeness (QED) is 0.253. The van der Waals surface area contributed by atoms with Gasteiger partial charge in [0.2, 0.25) is 0 Å². The van der Waals surface area contributed by atoms with Gasteiger partial charge in [0.25, 0.3) is 0 Å². The minimum atomic E-state index is -0.0926. The molecule has 24 heavy (non-hydrogen) atoms. The van der Waals surface area contributed by atoms with Crippen molar-refractivity contribution >= 4 is 5.97 Å². The van der Waals surface area contributed by atoms with Crippen LogP contribution in [0.2, 0.25) is 0 Å². The maximum atomic E-state index is 12.3. The number of esters is 1. The highest BCUT2D eigenvalue weighted by Crippen LogP contribution is 2.25. The molecular formula is C22H36O2. The molecule has 0 bridgehead atoms. The first kappa shape index (κ1) is 20.7. The van der Waals surface area contributed by atoms with Crippen LogP contribution < -0.4 is 4.74 Å². The Labute approximate surface area is 149 Å². The van der Waals surface area contributed by atoms with E-state index in [0.717, 1.165) is 24.2 Å². The molecule has 136 valence electrons. The molecule has 0 fully saturated rings. The summed E-state index contributed by atoms with van der Waals surface area (Å²) in [5, 5.41) is 0. The van der Waals surface area contributed by atoms with Gasteiger partial charge in [0.1, 0.15) is 5.75 Å². The molecule has 1 unspecified atom stereocenters. The van der Waals surface area contributed by atoms with Gasteiger partial charge in [-0.15, -0.1) is 0 Å². The zero-order chi connectivity index (χ0) is 17.9. The Morgan fingerprint density at radius 3 is 2.25 bits per heavy atom. The number of hydrogen-bond acceptors (Lipinski definition) is 2. The van der Waals surface area contributed by atoms with E-state index in [2.05, 4.69) is 26.8 Å². The summed E-state index contributed by atoms with van der Waals surface area (Å²) in [5.74, 6) is 1.04. The molecule has 1 atom stereocenters. The Morgan fingerprint density at radius 1 is 1.00 bits per heavy atom. The van der Waals surface area contributed by atoms with Gasteiger partial charge in [-0.1, -0.05) is 84.8 Å². The van der Waals surface area contributed by atoms with Crippen LogP contribution in [0.1, 0.15) is 96.1 Å². The number of unbranched alkanes of at least 4 members (excludes halogenated alkanes) is 6. The fraction of sp³-hybridized carbons (Fsp3) is 0.682. The molecule has 1 aromatic rings.